The molecule has 6 nitrogen and oxygen atoms in total. The number of rotatable bonds is 7. The van der Waals surface area contributed by atoms with E-state index in [4.69, 9.17) is 10.5 Å². The molecule has 0 fully saturated rings. The van der Waals surface area contributed by atoms with Crippen LogP contribution in [0.3, 0.4) is 0 Å². The number of carbonyl (C=O) groups excluding carboxylic acids is 2. The molecule has 0 unspecified atom stereocenters. The first-order chi connectivity index (χ1) is 9.52. The Morgan fingerprint density at radius 2 is 2.15 bits per heavy atom. The van der Waals surface area contributed by atoms with Crippen LogP contribution in [0, 0.1) is 0 Å². The number of hydrogen-bond acceptors (Lipinski definition) is 4. The van der Waals surface area contributed by atoms with Crippen LogP contribution in [0.1, 0.15) is 5.56 Å². The van der Waals surface area contributed by atoms with Crippen molar-refractivity contribution in [3.05, 3.63) is 29.8 Å². The Balaban J connectivity index is 2.41. The normalized spacial score (nSPS) is 10.1. The van der Waals surface area contributed by atoms with Gasteiger partial charge >= 0.3 is 0 Å². The maximum absolute atomic E-state index is 12.0. The Bertz CT molecular complexity index is 463. The number of anilines is 1. The average molecular weight is 279 g/mol. The highest BCUT2D eigenvalue weighted by atomic mass is 16.5. The number of nitrogens with zero attached hydrogens (tertiary/aromatic N) is 1. The summed E-state index contributed by atoms with van der Waals surface area (Å²) in [7, 11) is 3.16. The first kappa shape index (κ1) is 16.0. The van der Waals surface area contributed by atoms with E-state index in [0.717, 1.165) is 5.56 Å². The lowest BCUT2D eigenvalue weighted by Crippen LogP contribution is -2.39. The number of benzene rings is 1. The number of methoxy groups -OCH3 is 1. The molecule has 20 heavy (non-hydrogen) atoms. The van der Waals surface area contributed by atoms with Gasteiger partial charge in [-0.2, -0.15) is 0 Å². The summed E-state index contributed by atoms with van der Waals surface area (Å²) in [4.78, 5) is 24.9. The Morgan fingerprint density at radius 3 is 2.80 bits per heavy atom. The number of carbonyl (C=O) groups is 2. The summed E-state index contributed by atoms with van der Waals surface area (Å²) >= 11 is 0. The number of likely N-dealkylation sites (N-methyl/N-ethyl adjacent to an activating group) is 1. The summed E-state index contributed by atoms with van der Waals surface area (Å²) in [6, 6.07) is 7.15. The van der Waals surface area contributed by atoms with Crippen LogP contribution in [-0.2, 0) is 20.7 Å². The number of hydrogen-bond donors (Lipinski definition) is 2. The van der Waals surface area contributed by atoms with Crippen molar-refractivity contribution in [2.45, 2.75) is 6.42 Å². The third-order valence-electron chi connectivity index (χ3n) is 2.74. The average Bonchev–Trinajstić information content (AvgIpc) is 2.38. The van der Waals surface area contributed by atoms with Crippen molar-refractivity contribution in [1.29, 1.82) is 0 Å². The third kappa shape index (κ3) is 5.71. The van der Waals surface area contributed by atoms with Gasteiger partial charge in [0, 0.05) is 26.4 Å². The van der Waals surface area contributed by atoms with E-state index in [1.54, 1.807) is 32.4 Å². The zero-order valence-corrected chi connectivity index (χ0v) is 11.9. The fraction of sp³-hybridized carbons (Fsp3) is 0.429. The number of nitrogens with one attached hydrogen (secondary N) is 1. The van der Waals surface area contributed by atoms with Gasteiger partial charge in [0.15, 0.2) is 0 Å². The lowest BCUT2D eigenvalue weighted by atomic mass is 10.1. The van der Waals surface area contributed by atoms with Crippen molar-refractivity contribution in [1.82, 2.24) is 10.2 Å². The minimum Gasteiger partial charge on any atom is -0.399 e. The molecule has 0 spiro atoms. The molecule has 0 heterocycles. The van der Waals surface area contributed by atoms with Gasteiger partial charge in [-0.25, -0.2) is 0 Å². The monoisotopic (exact) mass is 279 g/mol. The van der Waals surface area contributed by atoms with Crippen molar-refractivity contribution in [2.75, 3.05) is 39.6 Å². The molecule has 0 atom stereocenters. The van der Waals surface area contributed by atoms with Crippen molar-refractivity contribution < 1.29 is 14.3 Å². The second-order valence-corrected chi connectivity index (χ2v) is 4.51. The number of amides is 2. The van der Waals surface area contributed by atoms with Gasteiger partial charge < -0.3 is 20.7 Å². The number of ether oxygens (including phenoxy) is 1. The summed E-state index contributed by atoms with van der Waals surface area (Å²) in [6.07, 6.45) is 0.229. The van der Waals surface area contributed by atoms with Crippen LogP contribution in [0.4, 0.5) is 5.69 Å². The summed E-state index contributed by atoms with van der Waals surface area (Å²) in [6.45, 7) is 0.921. The predicted octanol–water partition coefficient (Wildman–Crippen LogP) is 0.0323. The van der Waals surface area contributed by atoms with E-state index < -0.39 is 0 Å². The minimum atomic E-state index is -0.203. The summed E-state index contributed by atoms with van der Waals surface area (Å²) < 4.78 is 4.83. The van der Waals surface area contributed by atoms with Crippen LogP contribution in [0.15, 0.2) is 24.3 Å². The molecule has 0 aliphatic heterocycles. The van der Waals surface area contributed by atoms with Crippen LogP contribution in [0.25, 0.3) is 0 Å². The second kappa shape index (κ2) is 8.16. The predicted molar refractivity (Wildman–Crippen MR) is 77.1 cm³/mol. The van der Waals surface area contributed by atoms with E-state index in [0.29, 0.717) is 18.8 Å². The number of nitrogens with two attached hydrogens (primary N) is 1. The molecule has 0 radical (unpaired) electrons. The van der Waals surface area contributed by atoms with Crippen molar-refractivity contribution in [3.63, 3.8) is 0 Å². The van der Waals surface area contributed by atoms with Gasteiger partial charge in [0.2, 0.25) is 11.8 Å². The lowest BCUT2D eigenvalue weighted by Gasteiger charge is -2.17. The standard InChI is InChI=1S/C14H21N3O3/c1-17(10-13(18)16-6-7-20-2)14(19)9-11-4-3-5-12(15)8-11/h3-5,8H,6-7,9-10,15H2,1-2H3,(H,16,18). The van der Waals surface area contributed by atoms with Crippen LogP contribution in [0.2, 0.25) is 0 Å². The molecule has 110 valence electrons. The molecule has 0 saturated heterocycles. The molecule has 1 aromatic rings. The summed E-state index contributed by atoms with van der Waals surface area (Å²) in [5.41, 5.74) is 7.11. The fourth-order valence-electron chi connectivity index (χ4n) is 1.66. The van der Waals surface area contributed by atoms with Gasteiger partial charge in [-0.15, -0.1) is 0 Å². The SMILES string of the molecule is COCCNC(=O)CN(C)C(=O)Cc1cccc(N)c1. The van der Waals surface area contributed by atoms with Crippen molar-refractivity contribution in [3.8, 4) is 0 Å². The molecule has 3 N–H and O–H groups in total. The summed E-state index contributed by atoms with van der Waals surface area (Å²) in [5.74, 6) is -0.331. The van der Waals surface area contributed by atoms with E-state index in [9.17, 15) is 9.59 Å². The van der Waals surface area contributed by atoms with Crippen molar-refractivity contribution in [2.24, 2.45) is 0 Å². The molecular weight excluding hydrogens is 258 g/mol. The Morgan fingerprint density at radius 1 is 1.40 bits per heavy atom. The molecule has 1 aromatic carbocycles. The van der Waals surface area contributed by atoms with Gasteiger partial charge in [-0.1, -0.05) is 12.1 Å². The van der Waals surface area contributed by atoms with Crippen LogP contribution < -0.4 is 11.1 Å². The molecule has 0 saturated carbocycles. The van der Waals surface area contributed by atoms with Crippen LogP contribution in [-0.4, -0.2) is 50.6 Å². The van der Waals surface area contributed by atoms with Gasteiger partial charge in [-0.05, 0) is 17.7 Å². The van der Waals surface area contributed by atoms with Gasteiger partial charge in [0.25, 0.3) is 0 Å². The quantitative estimate of drug-likeness (QED) is 0.545. The maximum atomic E-state index is 12.0. The Hall–Kier alpha value is -2.08. The van der Waals surface area contributed by atoms with Crippen molar-refractivity contribution >= 4 is 17.5 Å². The molecule has 6 heteroatoms. The first-order valence-electron chi connectivity index (χ1n) is 6.37. The maximum Gasteiger partial charge on any atom is 0.239 e. The molecule has 0 aliphatic rings. The highest BCUT2D eigenvalue weighted by Crippen LogP contribution is 2.08. The highest BCUT2D eigenvalue weighted by molar-refractivity contribution is 5.85. The topological polar surface area (TPSA) is 84.7 Å². The fourth-order valence-corrected chi connectivity index (χ4v) is 1.66. The van der Waals surface area contributed by atoms with Gasteiger partial charge in [-0.3, -0.25) is 9.59 Å². The molecular formula is C14H21N3O3. The largest absolute Gasteiger partial charge is 0.399 e. The molecule has 0 bridgehead atoms. The van der Waals surface area contributed by atoms with E-state index in [-0.39, 0.29) is 24.8 Å². The van der Waals surface area contributed by atoms with Gasteiger partial charge in [0.05, 0.1) is 19.6 Å². The van der Waals surface area contributed by atoms with Gasteiger partial charge in [0.1, 0.15) is 0 Å². The van der Waals surface area contributed by atoms with Crippen LogP contribution >= 0.6 is 0 Å². The Kier molecular flexibility index (Phi) is 6.52. The van der Waals surface area contributed by atoms with Crippen LogP contribution in [0.5, 0.6) is 0 Å². The zero-order chi connectivity index (χ0) is 15.0. The molecule has 1 rings (SSSR count). The Labute approximate surface area is 118 Å². The minimum absolute atomic E-state index is 0.0326. The first-order valence-corrected chi connectivity index (χ1v) is 6.37. The third-order valence-corrected chi connectivity index (χ3v) is 2.74. The van der Waals surface area contributed by atoms with E-state index >= 15 is 0 Å². The van der Waals surface area contributed by atoms with E-state index in [2.05, 4.69) is 5.32 Å². The van der Waals surface area contributed by atoms with E-state index in [1.807, 2.05) is 6.07 Å². The van der Waals surface area contributed by atoms with E-state index in [1.165, 1.54) is 4.90 Å². The number of nitrogen functional groups attached to an aromatic ring is 1. The molecule has 2 amide bonds. The smallest absolute Gasteiger partial charge is 0.239 e. The lowest BCUT2D eigenvalue weighted by molar-refractivity contribution is -0.134. The molecule has 0 aliphatic carbocycles. The summed E-state index contributed by atoms with van der Waals surface area (Å²) in [5, 5.41) is 2.66. The molecule has 0 aromatic heterocycles. The second-order valence-electron chi connectivity index (χ2n) is 4.51. The highest BCUT2D eigenvalue weighted by Gasteiger charge is 2.13. The zero-order valence-electron chi connectivity index (χ0n) is 11.9.